The van der Waals surface area contributed by atoms with E-state index in [1.807, 2.05) is 6.92 Å². The molecule has 2 rings (SSSR count). The van der Waals surface area contributed by atoms with E-state index < -0.39 is 11.4 Å². The zero-order chi connectivity index (χ0) is 15.5. The van der Waals surface area contributed by atoms with Crippen LogP contribution in [0.1, 0.15) is 18.9 Å². The number of benzene rings is 1. The number of phenols is 1. The lowest BCUT2D eigenvalue weighted by Crippen LogP contribution is -2.54. The quantitative estimate of drug-likeness (QED) is 0.748. The third-order valence-electron chi connectivity index (χ3n) is 4.19. The van der Waals surface area contributed by atoms with Gasteiger partial charge in [0.05, 0.1) is 7.11 Å². The highest BCUT2D eigenvalue weighted by Gasteiger charge is 2.40. The molecule has 21 heavy (non-hydrogen) atoms. The molecule has 1 atom stereocenters. The van der Waals surface area contributed by atoms with Gasteiger partial charge in [0.15, 0.2) is 11.5 Å². The number of nitrogens with zero attached hydrogens (tertiary/aromatic N) is 1. The molecule has 116 valence electrons. The fourth-order valence-corrected chi connectivity index (χ4v) is 2.75. The Kier molecular flexibility index (Phi) is 4.69. The molecule has 0 saturated carbocycles. The number of methoxy groups -OCH3 is 1. The number of primary amides is 1. The van der Waals surface area contributed by atoms with Crippen molar-refractivity contribution in [2.24, 2.45) is 5.73 Å². The summed E-state index contributed by atoms with van der Waals surface area (Å²) in [6, 6.07) is 4.94. The predicted octanol–water partition coefficient (Wildman–Crippen LogP) is 0.397. The van der Waals surface area contributed by atoms with E-state index in [-0.39, 0.29) is 5.75 Å². The van der Waals surface area contributed by atoms with Crippen molar-refractivity contribution >= 4 is 5.91 Å². The van der Waals surface area contributed by atoms with E-state index in [2.05, 4.69) is 10.2 Å². The van der Waals surface area contributed by atoms with Crippen molar-refractivity contribution in [3.63, 3.8) is 0 Å². The summed E-state index contributed by atoms with van der Waals surface area (Å²) in [7, 11) is 1.48. The van der Waals surface area contributed by atoms with Gasteiger partial charge in [-0.3, -0.25) is 9.69 Å². The van der Waals surface area contributed by atoms with Gasteiger partial charge in [0.1, 0.15) is 5.54 Å². The molecule has 1 heterocycles. The molecule has 1 fully saturated rings. The molecule has 6 heteroatoms. The average Bonchev–Trinajstić information content (AvgIpc) is 2.76. The molecule has 0 radical (unpaired) electrons. The highest BCUT2D eigenvalue weighted by Crippen LogP contribution is 2.35. The maximum absolute atomic E-state index is 12.2. The molecule has 1 saturated heterocycles. The summed E-state index contributed by atoms with van der Waals surface area (Å²) in [5.41, 5.74) is 5.51. The average molecular weight is 293 g/mol. The monoisotopic (exact) mass is 293 g/mol. The largest absolute Gasteiger partial charge is 0.504 e. The van der Waals surface area contributed by atoms with E-state index >= 15 is 0 Å². The van der Waals surface area contributed by atoms with Crippen LogP contribution >= 0.6 is 0 Å². The molecule has 6 nitrogen and oxygen atoms in total. The van der Waals surface area contributed by atoms with E-state index in [1.165, 1.54) is 13.2 Å². The lowest BCUT2D eigenvalue weighted by atomic mass is 9.88. The van der Waals surface area contributed by atoms with Gasteiger partial charge < -0.3 is 20.9 Å². The standard InChI is InChI=1S/C15H23N3O3/c1-15(14(16)20,18-8-3-6-17-7-9-18)11-4-5-12(19)13(10-11)21-2/h4-5,10,17,19H,3,6-9H2,1-2H3,(H2,16,20). The van der Waals surface area contributed by atoms with Crippen molar-refractivity contribution in [3.05, 3.63) is 23.8 Å². The van der Waals surface area contributed by atoms with Crippen LogP contribution in [0.25, 0.3) is 0 Å². The van der Waals surface area contributed by atoms with E-state index in [4.69, 9.17) is 10.5 Å². The van der Waals surface area contributed by atoms with Crippen LogP contribution in [0.3, 0.4) is 0 Å². The Labute approximate surface area is 124 Å². The van der Waals surface area contributed by atoms with E-state index in [0.29, 0.717) is 5.75 Å². The zero-order valence-corrected chi connectivity index (χ0v) is 12.6. The zero-order valence-electron chi connectivity index (χ0n) is 12.6. The van der Waals surface area contributed by atoms with Crippen LogP contribution in [0, 0.1) is 0 Å². The van der Waals surface area contributed by atoms with Gasteiger partial charge in [-0.25, -0.2) is 0 Å². The Balaban J connectivity index is 2.43. The first-order valence-corrected chi connectivity index (χ1v) is 7.13. The number of hydrogen-bond donors (Lipinski definition) is 3. The first-order chi connectivity index (χ1) is 10.00. The molecule has 0 aromatic heterocycles. The van der Waals surface area contributed by atoms with Crippen molar-refractivity contribution in [1.82, 2.24) is 10.2 Å². The van der Waals surface area contributed by atoms with Crippen molar-refractivity contribution in [2.75, 3.05) is 33.3 Å². The summed E-state index contributed by atoms with van der Waals surface area (Å²) in [4.78, 5) is 14.3. The highest BCUT2D eigenvalue weighted by molar-refractivity contribution is 5.86. The number of hydrogen-bond acceptors (Lipinski definition) is 5. The Morgan fingerprint density at radius 2 is 2.19 bits per heavy atom. The molecule has 0 bridgehead atoms. The van der Waals surface area contributed by atoms with Gasteiger partial charge in [0.25, 0.3) is 0 Å². The van der Waals surface area contributed by atoms with E-state index in [0.717, 1.165) is 38.2 Å². The summed E-state index contributed by atoms with van der Waals surface area (Å²) >= 11 is 0. The van der Waals surface area contributed by atoms with Gasteiger partial charge in [0.2, 0.25) is 5.91 Å². The van der Waals surface area contributed by atoms with Crippen molar-refractivity contribution in [3.8, 4) is 11.5 Å². The second-order valence-electron chi connectivity index (χ2n) is 5.41. The van der Waals surface area contributed by atoms with Gasteiger partial charge in [-0.1, -0.05) is 6.07 Å². The summed E-state index contributed by atoms with van der Waals surface area (Å²) in [6.07, 6.45) is 0.956. The number of rotatable bonds is 4. The van der Waals surface area contributed by atoms with Crippen molar-refractivity contribution < 1.29 is 14.6 Å². The first-order valence-electron chi connectivity index (χ1n) is 7.13. The maximum Gasteiger partial charge on any atom is 0.242 e. The van der Waals surface area contributed by atoms with E-state index in [1.54, 1.807) is 12.1 Å². The SMILES string of the molecule is COc1cc(C(C)(C(N)=O)N2CCCNCC2)ccc1O. The minimum Gasteiger partial charge on any atom is -0.504 e. The van der Waals surface area contributed by atoms with E-state index in [9.17, 15) is 9.90 Å². The van der Waals surface area contributed by atoms with Crippen LogP contribution in [0.5, 0.6) is 11.5 Å². The molecule has 4 N–H and O–H groups in total. The van der Waals surface area contributed by atoms with Gasteiger partial charge in [0, 0.05) is 19.6 Å². The summed E-state index contributed by atoms with van der Waals surface area (Å²) in [5.74, 6) is -0.0179. The third kappa shape index (κ3) is 2.96. The Morgan fingerprint density at radius 1 is 1.43 bits per heavy atom. The first kappa shape index (κ1) is 15.6. The van der Waals surface area contributed by atoms with Crippen LogP contribution in [0.15, 0.2) is 18.2 Å². The number of carbonyl (C=O) groups is 1. The fraction of sp³-hybridized carbons (Fsp3) is 0.533. The molecule has 1 amide bonds. The van der Waals surface area contributed by atoms with Crippen LogP contribution in [0.2, 0.25) is 0 Å². The smallest absolute Gasteiger partial charge is 0.242 e. The summed E-state index contributed by atoms with van der Waals surface area (Å²) in [6.45, 7) is 5.10. The summed E-state index contributed by atoms with van der Waals surface area (Å²) < 4.78 is 5.14. The van der Waals surface area contributed by atoms with Gasteiger partial charge in [-0.2, -0.15) is 0 Å². The molecule has 0 spiro atoms. The molecule has 0 aliphatic carbocycles. The normalized spacial score (nSPS) is 19.5. The molecule has 1 aliphatic heterocycles. The second kappa shape index (κ2) is 6.32. The molecule has 1 unspecified atom stereocenters. The van der Waals surface area contributed by atoms with Crippen LogP contribution in [0.4, 0.5) is 0 Å². The molecule has 1 aromatic rings. The van der Waals surface area contributed by atoms with Crippen molar-refractivity contribution in [1.29, 1.82) is 0 Å². The van der Waals surface area contributed by atoms with Crippen LogP contribution in [-0.4, -0.2) is 49.2 Å². The Morgan fingerprint density at radius 3 is 2.86 bits per heavy atom. The number of aromatic hydroxyl groups is 1. The number of phenolic OH excluding ortho intramolecular Hbond substituents is 1. The lowest BCUT2D eigenvalue weighted by molar-refractivity contribution is -0.130. The minimum absolute atomic E-state index is 0.0469. The summed E-state index contributed by atoms with van der Waals surface area (Å²) in [5, 5.41) is 13.0. The van der Waals surface area contributed by atoms with Gasteiger partial charge >= 0.3 is 0 Å². The lowest BCUT2D eigenvalue weighted by Gasteiger charge is -2.38. The third-order valence-corrected chi connectivity index (χ3v) is 4.19. The molecular weight excluding hydrogens is 270 g/mol. The van der Waals surface area contributed by atoms with Crippen molar-refractivity contribution in [2.45, 2.75) is 18.9 Å². The second-order valence-corrected chi connectivity index (χ2v) is 5.41. The topological polar surface area (TPSA) is 87.8 Å². The maximum atomic E-state index is 12.2. The highest BCUT2D eigenvalue weighted by atomic mass is 16.5. The number of carbonyl (C=O) groups excluding carboxylic acids is 1. The van der Waals surface area contributed by atoms with Crippen LogP contribution < -0.4 is 15.8 Å². The Hall–Kier alpha value is -1.79. The Bertz CT molecular complexity index is 513. The predicted molar refractivity (Wildman–Crippen MR) is 80.3 cm³/mol. The molecule has 1 aliphatic rings. The number of nitrogens with two attached hydrogens (primary N) is 1. The number of nitrogens with one attached hydrogen (secondary N) is 1. The van der Waals surface area contributed by atoms with Gasteiger partial charge in [-0.15, -0.1) is 0 Å². The van der Waals surface area contributed by atoms with Gasteiger partial charge in [-0.05, 0) is 37.6 Å². The molecule has 1 aromatic carbocycles. The number of ether oxygens (including phenoxy) is 1. The van der Waals surface area contributed by atoms with Crippen LogP contribution in [-0.2, 0) is 10.3 Å². The minimum atomic E-state index is -0.924. The number of amides is 1. The molecular formula is C15H23N3O3. The fourth-order valence-electron chi connectivity index (χ4n) is 2.75.